The first-order valence-electron chi connectivity index (χ1n) is 7.63. The van der Waals surface area contributed by atoms with Gasteiger partial charge in [-0.3, -0.25) is 0 Å². The normalized spacial score (nSPS) is 15.2. The Morgan fingerprint density at radius 1 is 1.40 bits per heavy atom. The lowest BCUT2D eigenvalue weighted by atomic mass is 9.91. The van der Waals surface area contributed by atoms with E-state index in [2.05, 4.69) is 12.2 Å². The molecule has 2 rings (SSSR count). The molecule has 112 valence electrons. The Hall–Kier alpha value is -1.13. The predicted octanol–water partition coefficient (Wildman–Crippen LogP) is 2.68. The van der Waals surface area contributed by atoms with Crippen LogP contribution in [0.3, 0.4) is 0 Å². The van der Waals surface area contributed by atoms with Crippen LogP contribution in [0.2, 0.25) is 0 Å². The number of rotatable bonds is 8. The molecule has 4 heteroatoms. The molecule has 1 aliphatic carbocycles. The molecule has 0 aromatic heterocycles. The summed E-state index contributed by atoms with van der Waals surface area (Å²) < 4.78 is 14.3. The van der Waals surface area contributed by atoms with Gasteiger partial charge in [0.2, 0.25) is 0 Å². The average Bonchev–Trinajstić information content (AvgIpc) is 2.37. The lowest BCUT2D eigenvalue weighted by Gasteiger charge is -2.39. The van der Waals surface area contributed by atoms with Crippen molar-refractivity contribution in [1.82, 2.24) is 5.32 Å². The van der Waals surface area contributed by atoms with E-state index < -0.39 is 0 Å². The third-order valence-electron chi connectivity index (χ3n) is 3.93. The first kappa shape index (κ1) is 15.3. The fraction of sp³-hybridized carbons (Fsp3) is 0.625. The van der Waals surface area contributed by atoms with E-state index in [0.29, 0.717) is 24.8 Å². The van der Waals surface area contributed by atoms with Crippen molar-refractivity contribution in [3.05, 3.63) is 29.6 Å². The molecule has 20 heavy (non-hydrogen) atoms. The molecule has 0 aliphatic heterocycles. The van der Waals surface area contributed by atoms with Crippen molar-refractivity contribution in [1.29, 1.82) is 0 Å². The molecule has 1 aliphatic rings. The first-order valence-corrected chi connectivity index (χ1v) is 7.63. The Morgan fingerprint density at radius 2 is 2.20 bits per heavy atom. The van der Waals surface area contributed by atoms with Crippen LogP contribution in [0.1, 0.15) is 38.2 Å². The number of halogens is 1. The zero-order chi connectivity index (χ0) is 14.4. The minimum Gasteiger partial charge on any atom is -0.395 e. The minimum absolute atomic E-state index is 0.0652. The number of nitrogens with one attached hydrogen (secondary N) is 1. The SMILES string of the molecule is CCCNCc1ccc(N(CCO)C2CCC2)c(F)c1. The summed E-state index contributed by atoms with van der Waals surface area (Å²) in [4.78, 5) is 2.02. The molecular weight excluding hydrogens is 255 g/mol. The first-order chi connectivity index (χ1) is 9.76. The van der Waals surface area contributed by atoms with E-state index in [0.717, 1.165) is 31.4 Å². The summed E-state index contributed by atoms with van der Waals surface area (Å²) >= 11 is 0. The highest BCUT2D eigenvalue weighted by Crippen LogP contribution is 2.31. The highest BCUT2D eigenvalue weighted by molar-refractivity contribution is 5.50. The standard InChI is InChI=1S/C16H25FN2O/c1-2-8-18-12-13-6-7-16(15(17)11-13)19(9-10-20)14-4-3-5-14/h6-7,11,14,18,20H,2-5,8-10,12H2,1H3. The maximum atomic E-state index is 14.3. The molecule has 0 radical (unpaired) electrons. The van der Waals surface area contributed by atoms with Gasteiger partial charge in [-0.25, -0.2) is 4.39 Å². The molecule has 0 spiro atoms. The minimum atomic E-state index is -0.179. The van der Waals surface area contributed by atoms with Crippen LogP contribution in [-0.2, 0) is 6.54 Å². The van der Waals surface area contributed by atoms with Crippen molar-refractivity contribution in [2.45, 2.75) is 45.2 Å². The van der Waals surface area contributed by atoms with Crippen LogP contribution in [0.25, 0.3) is 0 Å². The van der Waals surface area contributed by atoms with Crippen LogP contribution < -0.4 is 10.2 Å². The van der Waals surface area contributed by atoms with E-state index in [-0.39, 0.29) is 12.4 Å². The van der Waals surface area contributed by atoms with E-state index in [1.165, 1.54) is 6.42 Å². The van der Waals surface area contributed by atoms with E-state index in [1.807, 2.05) is 17.0 Å². The van der Waals surface area contributed by atoms with Gasteiger partial charge in [0.1, 0.15) is 5.82 Å². The van der Waals surface area contributed by atoms with Crippen molar-refractivity contribution >= 4 is 5.69 Å². The molecule has 1 fully saturated rings. The number of hydrogen-bond acceptors (Lipinski definition) is 3. The lowest BCUT2D eigenvalue weighted by Crippen LogP contribution is -2.42. The zero-order valence-corrected chi connectivity index (χ0v) is 12.2. The lowest BCUT2D eigenvalue weighted by molar-refractivity contribution is 0.282. The van der Waals surface area contributed by atoms with Gasteiger partial charge in [0.15, 0.2) is 0 Å². The Bertz CT molecular complexity index is 421. The van der Waals surface area contributed by atoms with E-state index in [9.17, 15) is 9.50 Å². The van der Waals surface area contributed by atoms with Gasteiger partial charge in [-0.1, -0.05) is 13.0 Å². The summed E-state index contributed by atoms with van der Waals surface area (Å²) in [5, 5.41) is 12.5. The highest BCUT2D eigenvalue weighted by atomic mass is 19.1. The zero-order valence-electron chi connectivity index (χ0n) is 12.2. The fourth-order valence-corrected chi connectivity index (χ4v) is 2.61. The monoisotopic (exact) mass is 280 g/mol. The number of hydrogen-bond donors (Lipinski definition) is 2. The molecule has 0 amide bonds. The van der Waals surface area contributed by atoms with Gasteiger partial charge in [-0.15, -0.1) is 0 Å². The summed E-state index contributed by atoms with van der Waals surface area (Å²) in [6.07, 6.45) is 4.47. The molecule has 0 bridgehead atoms. The largest absolute Gasteiger partial charge is 0.395 e. The van der Waals surface area contributed by atoms with Gasteiger partial charge in [0, 0.05) is 19.1 Å². The predicted molar refractivity (Wildman–Crippen MR) is 80.5 cm³/mol. The van der Waals surface area contributed by atoms with Crippen molar-refractivity contribution in [3.8, 4) is 0 Å². The molecule has 0 atom stereocenters. The number of nitrogens with zero attached hydrogens (tertiary/aromatic N) is 1. The molecule has 1 aromatic carbocycles. The topological polar surface area (TPSA) is 35.5 Å². The molecule has 1 saturated carbocycles. The van der Waals surface area contributed by atoms with Crippen molar-refractivity contribution in [3.63, 3.8) is 0 Å². The smallest absolute Gasteiger partial charge is 0.146 e. The molecular formula is C16H25FN2O. The van der Waals surface area contributed by atoms with Crippen LogP contribution in [0.15, 0.2) is 18.2 Å². The molecule has 0 saturated heterocycles. The average molecular weight is 280 g/mol. The molecule has 3 nitrogen and oxygen atoms in total. The van der Waals surface area contributed by atoms with Crippen molar-refractivity contribution < 1.29 is 9.50 Å². The maximum Gasteiger partial charge on any atom is 0.146 e. The van der Waals surface area contributed by atoms with E-state index in [1.54, 1.807) is 6.07 Å². The fourth-order valence-electron chi connectivity index (χ4n) is 2.61. The van der Waals surface area contributed by atoms with Gasteiger partial charge < -0.3 is 15.3 Å². The highest BCUT2D eigenvalue weighted by Gasteiger charge is 2.26. The third-order valence-corrected chi connectivity index (χ3v) is 3.93. The van der Waals surface area contributed by atoms with Gasteiger partial charge in [-0.2, -0.15) is 0 Å². The number of aliphatic hydroxyl groups is 1. The van der Waals surface area contributed by atoms with Crippen LogP contribution in [0.4, 0.5) is 10.1 Å². The second kappa shape index (κ2) is 7.60. The van der Waals surface area contributed by atoms with Crippen molar-refractivity contribution in [2.24, 2.45) is 0 Å². The summed E-state index contributed by atoms with van der Waals surface area (Å²) in [6.45, 7) is 4.34. The van der Waals surface area contributed by atoms with Gasteiger partial charge in [0.25, 0.3) is 0 Å². The Labute approximate surface area is 120 Å². The second-order valence-electron chi connectivity index (χ2n) is 5.46. The van der Waals surface area contributed by atoms with E-state index in [4.69, 9.17) is 0 Å². The molecule has 0 heterocycles. The Balaban J connectivity index is 2.06. The Morgan fingerprint density at radius 3 is 2.75 bits per heavy atom. The molecule has 0 unspecified atom stereocenters. The number of anilines is 1. The quantitative estimate of drug-likeness (QED) is 0.719. The molecule has 1 aromatic rings. The summed E-state index contributed by atoms with van der Waals surface area (Å²) in [5.74, 6) is -0.179. The molecule has 2 N–H and O–H groups in total. The Kier molecular flexibility index (Phi) is 5.80. The second-order valence-corrected chi connectivity index (χ2v) is 5.46. The van der Waals surface area contributed by atoms with Crippen molar-refractivity contribution in [2.75, 3.05) is 24.6 Å². The third kappa shape index (κ3) is 3.70. The van der Waals surface area contributed by atoms with Gasteiger partial charge >= 0.3 is 0 Å². The van der Waals surface area contributed by atoms with Crippen LogP contribution >= 0.6 is 0 Å². The van der Waals surface area contributed by atoms with Crippen LogP contribution in [0, 0.1) is 5.82 Å². The summed E-state index contributed by atoms with van der Waals surface area (Å²) in [7, 11) is 0. The number of aliphatic hydroxyl groups excluding tert-OH is 1. The maximum absolute atomic E-state index is 14.3. The van der Waals surface area contributed by atoms with Crippen LogP contribution in [0.5, 0.6) is 0 Å². The number of benzene rings is 1. The van der Waals surface area contributed by atoms with Gasteiger partial charge in [-0.05, 0) is 49.9 Å². The van der Waals surface area contributed by atoms with E-state index >= 15 is 0 Å². The summed E-state index contributed by atoms with van der Waals surface area (Å²) in [5.41, 5.74) is 1.60. The van der Waals surface area contributed by atoms with Crippen LogP contribution in [-0.4, -0.2) is 30.8 Å². The van der Waals surface area contributed by atoms with Gasteiger partial charge in [0.05, 0.1) is 12.3 Å². The summed E-state index contributed by atoms with van der Waals surface area (Å²) in [6, 6.07) is 5.83.